The van der Waals surface area contributed by atoms with Crippen LogP contribution in [-0.2, 0) is 21.2 Å². The second kappa shape index (κ2) is 6.59. The van der Waals surface area contributed by atoms with E-state index in [9.17, 15) is 8.42 Å². The van der Waals surface area contributed by atoms with Gasteiger partial charge in [-0.25, -0.2) is 8.42 Å². The Kier molecular flexibility index (Phi) is 5.07. The molecule has 106 valence electrons. The highest BCUT2D eigenvalue weighted by atomic mass is 35.5. The minimum atomic E-state index is -3.32. The predicted molar refractivity (Wildman–Crippen MR) is 77.2 cm³/mol. The van der Waals surface area contributed by atoms with E-state index in [1.165, 1.54) is 0 Å². The number of ether oxygens (including phenoxy) is 1. The van der Waals surface area contributed by atoms with Gasteiger partial charge in [0.05, 0.1) is 5.25 Å². The average molecular weight is 304 g/mol. The van der Waals surface area contributed by atoms with Crippen LogP contribution < -0.4 is 4.72 Å². The third-order valence-electron chi connectivity index (χ3n) is 3.20. The Balaban J connectivity index is 2.02. The Morgan fingerprint density at radius 1 is 1.21 bits per heavy atom. The van der Waals surface area contributed by atoms with E-state index in [-0.39, 0.29) is 5.25 Å². The third-order valence-corrected chi connectivity index (χ3v) is 5.26. The van der Waals surface area contributed by atoms with Crippen molar-refractivity contribution in [2.24, 2.45) is 0 Å². The van der Waals surface area contributed by atoms with Gasteiger partial charge in [0, 0.05) is 24.8 Å². The van der Waals surface area contributed by atoms with Crippen molar-refractivity contribution in [3.63, 3.8) is 0 Å². The van der Waals surface area contributed by atoms with Crippen LogP contribution in [0.25, 0.3) is 0 Å². The van der Waals surface area contributed by atoms with E-state index in [1.54, 1.807) is 12.1 Å². The van der Waals surface area contributed by atoms with Gasteiger partial charge in [-0.2, -0.15) is 0 Å². The van der Waals surface area contributed by atoms with E-state index >= 15 is 0 Å². The molecule has 1 N–H and O–H groups in total. The zero-order valence-electron chi connectivity index (χ0n) is 10.6. The summed E-state index contributed by atoms with van der Waals surface area (Å²) in [4.78, 5) is 0. The largest absolute Gasteiger partial charge is 0.381 e. The Morgan fingerprint density at radius 3 is 2.42 bits per heavy atom. The lowest BCUT2D eigenvalue weighted by Crippen LogP contribution is -2.33. The summed E-state index contributed by atoms with van der Waals surface area (Å²) < 4.78 is 32.2. The minimum absolute atomic E-state index is 0.358. The topological polar surface area (TPSA) is 55.4 Å². The van der Waals surface area contributed by atoms with Crippen molar-refractivity contribution in [1.82, 2.24) is 0 Å². The molecule has 1 fully saturated rings. The van der Waals surface area contributed by atoms with Crippen LogP contribution in [0.15, 0.2) is 24.3 Å². The number of nitrogens with one attached hydrogen (secondary N) is 1. The lowest BCUT2D eigenvalue weighted by Gasteiger charge is -2.22. The normalized spacial score (nSPS) is 17.3. The van der Waals surface area contributed by atoms with Crippen molar-refractivity contribution in [1.29, 1.82) is 0 Å². The number of sulfonamides is 1. The smallest absolute Gasteiger partial charge is 0.235 e. The van der Waals surface area contributed by atoms with Gasteiger partial charge >= 0.3 is 0 Å². The highest BCUT2D eigenvalue weighted by Gasteiger charge is 2.27. The molecule has 0 bridgehead atoms. The van der Waals surface area contributed by atoms with Gasteiger partial charge in [0.2, 0.25) is 10.0 Å². The maximum absolute atomic E-state index is 12.2. The molecule has 19 heavy (non-hydrogen) atoms. The molecule has 0 atom stereocenters. The van der Waals surface area contributed by atoms with Crippen LogP contribution in [0.4, 0.5) is 5.69 Å². The van der Waals surface area contributed by atoms with E-state index < -0.39 is 10.0 Å². The molecule has 4 nitrogen and oxygen atoms in total. The molecule has 0 aliphatic carbocycles. The fourth-order valence-corrected chi connectivity index (χ4v) is 3.74. The Labute approximate surface area is 119 Å². The van der Waals surface area contributed by atoms with Gasteiger partial charge in [-0.1, -0.05) is 12.1 Å². The molecule has 0 unspecified atom stereocenters. The summed E-state index contributed by atoms with van der Waals surface area (Å²) in [5, 5.41) is -0.358. The summed E-state index contributed by atoms with van der Waals surface area (Å²) in [7, 11) is -3.32. The van der Waals surface area contributed by atoms with Crippen LogP contribution in [0.1, 0.15) is 18.4 Å². The molecule has 6 heteroatoms. The van der Waals surface area contributed by atoms with Crippen LogP contribution in [0.3, 0.4) is 0 Å². The monoisotopic (exact) mass is 303 g/mol. The van der Waals surface area contributed by atoms with Gasteiger partial charge in [-0.05, 0) is 37.0 Å². The average Bonchev–Trinajstić information content (AvgIpc) is 2.42. The zero-order valence-corrected chi connectivity index (χ0v) is 12.2. The molecule has 0 radical (unpaired) electrons. The lowest BCUT2D eigenvalue weighted by atomic mass is 10.2. The molecule has 1 aromatic carbocycles. The Bertz CT molecular complexity index is 495. The van der Waals surface area contributed by atoms with Gasteiger partial charge in [-0.3, -0.25) is 4.72 Å². The molecule has 1 aliphatic rings. The summed E-state index contributed by atoms with van der Waals surface area (Å²) in [6.45, 7) is 1.03. The van der Waals surface area contributed by atoms with Crippen molar-refractivity contribution in [3.05, 3.63) is 29.8 Å². The number of hydrogen-bond donors (Lipinski definition) is 1. The lowest BCUT2D eigenvalue weighted by molar-refractivity contribution is 0.0984. The maximum atomic E-state index is 12.2. The van der Waals surface area contributed by atoms with Crippen molar-refractivity contribution in [2.75, 3.05) is 23.8 Å². The quantitative estimate of drug-likeness (QED) is 0.850. The Morgan fingerprint density at radius 2 is 1.84 bits per heavy atom. The second-order valence-corrected chi connectivity index (χ2v) is 6.93. The summed E-state index contributed by atoms with van der Waals surface area (Å²) in [5.41, 5.74) is 1.70. The number of anilines is 1. The first-order valence-corrected chi connectivity index (χ1v) is 8.44. The second-order valence-electron chi connectivity index (χ2n) is 4.59. The van der Waals surface area contributed by atoms with Crippen molar-refractivity contribution < 1.29 is 13.2 Å². The van der Waals surface area contributed by atoms with Crippen LogP contribution in [-0.4, -0.2) is 32.8 Å². The van der Waals surface area contributed by atoms with Gasteiger partial charge < -0.3 is 4.74 Å². The molecule has 1 heterocycles. The molecular weight excluding hydrogens is 286 g/mol. The molecule has 0 saturated carbocycles. The molecule has 0 amide bonds. The molecule has 1 saturated heterocycles. The fourth-order valence-electron chi connectivity index (χ4n) is 2.08. The summed E-state index contributed by atoms with van der Waals surface area (Å²) in [6, 6.07) is 7.34. The Hall–Kier alpha value is -0.780. The first-order chi connectivity index (χ1) is 9.12. The number of alkyl halides is 1. The first-order valence-electron chi connectivity index (χ1n) is 6.36. The number of benzene rings is 1. The first kappa shape index (κ1) is 14.6. The van der Waals surface area contributed by atoms with Crippen molar-refractivity contribution in [3.8, 4) is 0 Å². The summed E-state index contributed by atoms with van der Waals surface area (Å²) in [6.07, 6.45) is 1.90. The number of aryl methyl sites for hydroxylation is 1. The molecule has 0 spiro atoms. The minimum Gasteiger partial charge on any atom is -0.381 e. The van der Waals surface area contributed by atoms with E-state index in [2.05, 4.69) is 4.72 Å². The maximum Gasteiger partial charge on any atom is 0.235 e. The standard InChI is InChI=1S/C13H18ClNO3S/c14-8-5-11-1-3-12(4-2-11)15-19(16,17)13-6-9-18-10-7-13/h1-4,13,15H,5-10H2. The SMILES string of the molecule is O=S(=O)(Nc1ccc(CCCl)cc1)C1CCOCC1. The highest BCUT2D eigenvalue weighted by molar-refractivity contribution is 7.93. The summed E-state index contributed by atoms with van der Waals surface area (Å²) >= 11 is 5.66. The molecule has 0 aromatic heterocycles. The number of hydrogen-bond acceptors (Lipinski definition) is 3. The van der Waals surface area contributed by atoms with Crippen LogP contribution >= 0.6 is 11.6 Å². The van der Waals surface area contributed by atoms with E-state index in [1.807, 2.05) is 12.1 Å². The molecular formula is C13H18ClNO3S. The van der Waals surface area contributed by atoms with Crippen molar-refractivity contribution in [2.45, 2.75) is 24.5 Å². The van der Waals surface area contributed by atoms with Gasteiger partial charge in [0.1, 0.15) is 0 Å². The number of rotatable bonds is 5. The van der Waals surface area contributed by atoms with Crippen LogP contribution in [0.2, 0.25) is 0 Å². The van der Waals surface area contributed by atoms with Crippen LogP contribution in [0.5, 0.6) is 0 Å². The molecule has 1 aromatic rings. The predicted octanol–water partition coefficient (Wildman–Crippen LogP) is 2.39. The zero-order chi connectivity index (χ0) is 13.7. The van der Waals surface area contributed by atoms with Gasteiger partial charge in [0.15, 0.2) is 0 Å². The van der Waals surface area contributed by atoms with Gasteiger partial charge in [0.25, 0.3) is 0 Å². The molecule has 2 rings (SSSR count). The third kappa shape index (κ3) is 4.09. The fraction of sp³-hybridized carbons (Fsp3) is 0.538. The summed E-state index contributed by atoms with van der Waals surface area (Å²) in [5.74, 6) is 0.563. The van der Waals surface area contributed by atoms with Gasteiger partial charge in [-0.15, -0.1) is 11.6 Å². The highest BCUT2D eigenvalue weighted by Crippen LogP contribution is 2.19. The van der Waals surface area contributed by atoms with Crippen LogP contribution in [0, 0.1) is 0 Å². The van der Waals surface area contributed by atoms with E-state index in [4.69, 9.17) is 16.3 Å². The molecule has 1 aliphatic heterocycles. The van der Waals surface area contributed by atoms with E-state index in [0.717, 1.165) is 12.0 Å². The van der Waals surface area contributed by atoms with Crippen molar-refractivity contribution >= 4 is 27.3 Å². The van der Waals surface area contributed by atoms with E-state index in [0.29, 0.717) is 37.6 Å². The number of halogens is 1.